The number of benzene rings is 1. The predicted octanol–water partition coefficient (Wildman–Crippen LogP) is 1.46. The highest BCUT2D eigenvalue weighted by Crippen LogP contribution is 2.45. The monoisotopic (exact) mass is 363 g/mol. The van der Waals surface area contributed by atoms with Crippen molar-refractivity contribution in [2.45, 2.75) is 12.2 Å². The molecule has 2 saturated heterocycles. The molecule has 2 bridgehead atoms. The van der Waals surface area contributed by atoms with Crippen molar-refractivity contribution in [1.82, 2.24) is 5.06 Å². The van der Waals surface area contributed by atoms with Gasteiger partial charge >= 0.3 is 5.97 Å². The molecule has 3 heterocycles. The third kappa shape index (κ3) is 1.85. The summed E-state index contributed by atoms with van der Waals surface area (Å²) < 4.78 is 6.21. The first-order chi connectivity index (χ1) is 10.6. The van der Waals surface area contributed by atoms with Crippen molar-refractivity contribution in [2.75, 3.05) is 0 Å². The lowest BCUT2D eigenvalue weighted by atomic mass is 9.85. The van der Waals surface area contributed by atoms with Crippen molar-refractivity contribution in [3.05, 3.63) is 46.5 Å². The third-order valence-electron chi connectivity index (χ3n) is 4.10. The fourth-order valence-corrected chi connectivity index (χ4v) is 3.52. The summed E-state index contributed by atoms with van der Waals surface area (Å²) in [6.07, 6.45) is 2.75. The quantitative estimate of drug-likeness (QED) is 0.587. The van der Waals surface area contributed by atoms with Crippen LogP contribution in [0.15, 0.2) is 40.9 Å². The number of rotatable bonds is 2. The minimum atomic E-state index is -0.746. The second kappa shape index (κ2) is 4.76. The van der Waals surface area contributed by atoms with Crippen LogP contribution < -0.4 is 0 Å². The van der Waals surface area contributed by atoms with Crippen LogP contribution in [-0.4, -0.2) is 35.1 Å². The van der Waals surface area contributed by atoms with Crippen LogP contribution in [0.2, 0.25) is 0 Å². The van der Waals surface area contributed by atoms with E-state index in [1.54, 1.807) is 36.4 Å². The van der Waals surface area contributed by atoms with Crippen LogP contribution in [0.3, 0.4) is 0 Å². The molecule has 112 valence electrons. The van der Waals surface area contributed by atoms with Gasteiger partial charge in [0.15, 0.2) is 0 Å². The molecule has 1 aromatic rings. The zero-order valence-electron chi connectivity index (χ0n) is 11.1. The Labute approximate surface area is 133 Å². The Morgan fingerprint density at radius 3 is 2.36 bits per heavy atom. The van der Waals surface area contributed by atoms with E-state index in [1.807, 2.05) is 0 Å². The van der Waals surface area contributed by atoms with Gasteiger partial charge in [-0.3, -0.25) is 9.59 Å². The van der Waals surface area contributed by atoms with Gasteiger partial charge in [-0.15, -0.1) is 5.06 Å². The molecule has 6 nitrogen and oxygen atoms in total. The minimum Gasteiger partial charge on any atom is -0.365 e. The van der Waals surface area contributed by atoms with E-state index < -0.39 is 41.8 Å². The van der Waals surface area contributed by atoms with E-state index in [0.717, 1.165) is 0 Å². The number of nitrogens with zero attached hydrogens (tertiary/aromatic N) is 1. The lowest BCUT2D eigenvalue weighted by Crippen LogP contribution is -2.36. The van der Waals surface area contributed by atoms with Crippen LogP contribution in [0.4, 0.5) is 0 Å². The number of ether oxygens (including phenoxy) is 1. The molecule has 0 spiro atoms. The van der Waals surface area contributed by atoms with E-state index in [4.69, 9.17) is 9.57 Å². The Kier molecular flexibility index (Phi) is 2.95. The molecule has 4 rings (SSSR count). The first-order valence-corrected chi connectivity index (χ1v) is 7.55. The molecule has 1 aromatic carbocycles. The van der Waals surface area contributed by atoms with Gasteiger partial charge < -0.3 is 9.57 Å². The number of imide groups is 1. The molecule has 3 aliphatic heterocycles. The van der Waals surface area contributed by atoms with Crippen molar-refractivity contribution in [3.8, 4) is 0 Å². The molecule has 0 aromatic heterocycles. The Morgan fingerprint density at radius 1 is 1.14 bits per heavy atom. The first kappa shape index (κ1) is 13.7. The first-order valence-electron chi connectivity index (χ1n) is 6.76. The van der Waals surface area contributed by atoms with Gasteiger partial charge in [-0.25, -0.2) is 4.79 Å². The summed E-state index contributed by atoms with van der Waals surface area (Å²) in [4.78, 5) is 41.8. The summed E-state index contributed by atoms with van der Waals surface area (Å²) in [6.45, 7) is 0. The summed E-state index contributed by atoms with van der Waals surface area (Å²) in [5, 5.41) is 0.591. The van der Waals surface area contributed by atoms with Gasteiger partial charge in [0, 0.05) is 4.47 Å². The Hall–Kier alpha value is -1.99. The molecule has 22 heavy (non-hydrogen) atoms. The molecule has 0 saturated carbocycles. The number of amides is 2. The van der Waals surface area contributed by atoms with Crippen molar-refractivity contribution in [2.24, 2.45) is 11.8 Å². The van der Waals surface area contributed by atoms with Gasteiger partial charge in [0.1, 0.15) is 0 Å². The second-order valence-electron chi connectivity index (χ2n) is 5.36. The van der Waals surface area contributed by atoms with Crippen LogP contribution >= 0.6 is 15.9 Å². The Bertz CT molecular complexity index is 700. The number of halogens is 1. The van der Waals surface area contributed by atoms with Crippen molar-refractivity contribution in [1.29, 1.82) is 0 Å². The maximum absolute atomic E-state index is 12.3. The van der Waals surface area contributed by atoms with Gasteiger partial charge in [0.05, 0.1) is 29.6 Å². The average molecular weight is 364 g/mol. The lowest BCUT2D eigenvalue weighted by Gasteiger charge is -2.16. The van der Waals surface area contributed by atoms with Crippen LogP contribution in [0.1, 0.15) is 10.4 Å². The number of fused-ring (bicyclic) bond motifs is 5. The predicted molar refractivity (Wildman–Crippen MR) is 76.2 cm³/mol. The summed E-state index contributed by atoms with van der Waals surface area (Å²) in [7, 11) is 0. The van der Waals surface area contributed by atoms with Gasteiger partial charge in [0.25, 0.3) is 11.8 Å². The normalized spacial score (nSPS) is 31.8. The molecule has 0 radical (unpaired) electrons. The van der Waals surface area contributed by atoms with Gasteiger partial charge in [-0.1, -0.05) is 34.1 Å². The smallest absolute Gasteiger partial charge is 0.363 e. The van der Waals surface area contributed by atoms with Gasteiger partial charge in [0.2, 0.25) is 0 Å². The maximum atomic E-state index is 12.3. The van der Waals surface area contributed by atoms with Crippen molar-refractivity contribution >= 4 is 33.7 Å². The molecule has 0 aliphatic carbocycles. The van der Waals surface area contributed by atoms with Crippen LogP contribution in [0.5, 0.6) is 0 Å². The number of carbonyl (C=O) groups excluding carboxylic acids is 3. The van der Waals surface area contributed by atoms with Crippen LogP contribution in [-0.2, 0) is 19.2 Å². The van der Waals surface area contributed by atoms with E-state index in [9.17, 15) is 14.4 Å². The van der Waals surface area contributed by atoms with E-state index in [1.165, 1.54) is 0 Å². The number of hydrogen-bond acceptors (Lipinski definition) is 5. The Balaban J connectivity index is 1.56. The van der Waals surface area contributed by atoms with Crippen LogP contribution in [0, 0.1) is 11.8 Å². The molecular weight excluding hydrogens is 354 g/mol. The highest BCUT2D eigenvalue weighted by Gasteiger charge is 2.62. The van der Waals surface area contributed by atoms with E-state index in [0.29, 0.717) is 9.54 Å². The number of hydrogen-bond donors (Lipinski definition) is 0. The van der Waals surface area contributed by atoms with E-state index in [2.05, 4.69) is 15.9 Å². The molecule has 2 fully saturated rings. The summed E-state index contributed by atoms with van der Waals surface area (Å²) in [5.41, 5.74) is 0.254. The maximum Gasteiger partial charge on any atom is 0.363 e. The third-order valence-corrected chi connectivity index (χ3v) is 4.60. The number of carbonyl (C=O) groups is 3. The van der Waals surface area contributed by atoms with Crippen LogP contribution in [0.25, 0.3) is 0 Å². The summed E-state index contributed by atoms with van der Waals surface area (Å²) in [6, 6.07) is 6.53. The zero-order chi connectivity index (χ0) is 15.4. The van der Waals surface area contributed by atoms with Crippen molar-refractivity contribution in [3.63, 3.8) is 0 Å². The summed E-state index contributed by atoms with van der Waals surface area (Å²) in [5.74, 6) is -2.95. The van der Waals surface area contributed by atoms with Gasteiger partial charge in [-0.2, -0.15) is 0 Å². The number of hydroxylamine groups is 2. The van der Waals surface area contributed by atoms with Crippen molar-refractivity contribution < 1.29 is 24.0 Å². The molecule has 0 N–H and O–H groups in total. The highest BCUT2D eigenvalue weighted by molar-refractivity contribution is 9.10. The standard InChI is InChI=1S/C15H10BrNO5/c16-8-3-1-2-7(6-8)15(20)22-17-13(18)11-9-4-5-10(21-9)12(11)14(17)19/h1-6,9-12H/t9-,10+,11-,12+. The minimum absolute atomic E-state index is 0.254. The Morgan fingerprint density at radius 2 is 1.77 bits per heavy atom. The zero-order valence-corrected chi connectivity index (χ0v) is 12.7. The average Bonchev–Trinajstić information content (AvgIpc) is 3.17. The van der Waals surface area contributed by atoms with E-state index in [-0.39, 0.29) is 5.56 Å². The fraction of sp³-hybridized carbons (Fsp3) is 0.267. The second-order valence-corrected chi connectivity index (χ2v) is 6.28. The summed E-state index contributed by atoms with van der Waals surface area (Å²) >= 11 is 3.25. The molecular formula is C15H10BrNO5. The highest BCUT2D eigenvalue weighted by atomic mass is 79.9. The fourth-order valence-electron chi connectivity index (χ4n) is 3.12. The largest absolute Gasteiger partial charge is 0.365 e. The SMILES string of the molecule is O=C(ON1C(=O)[C@@H]2[C@H](C1=O)[C@H]1C=C[C@@H]2O1)c1cccc(Br)c1. The molecule has 0 unspecified atom stereocenters. The van der Waals surface area contributed by atoms with E-state index >= 15 is 0 Å². The molecule has 7 heteroatoms. The molecule has 4 atom stereocenters. The lowest BCUT2D eigenvalue weighted by molar-refractivity contribution is -0.177. The molecule has 3 aliphatic rings. The van der Waals surface area contributed by atoms with Gasteiger partial charge in [-0.05, 0) is 18.2 Å². The molecule has 2 amide bonds. The topological polar surface area (TPSA) is 72.9 Å².